The third kappa shape index (κ3) is 3.25. The fourth-order valence-corrected chi connectivity index (χ4v) is 10.7. The van der Waals surface area contributed by atoms with Crippen molar-refractivity contribution < 1.29 is 24.1 Å². The molecule has 8 rings (SSSR count). The Morgan fingerprint density at radius 3 is 2.49 bits per heavy atom. The van der Waals surface area contributed by atoms with Gasteiger partial charge in [-0.25, -0.2) is 0 Å². The molecule has 6 nitrogen and oxygen atoms in total. The maximum atomic E-state index is 13.7. The molecule has 210 valence electrons. The molecule has 1 aromatic rings. The van der Waals surface area contributed by atoms with Crippen LogP contribution in [0.25, 0.3) is 0 Å². The van der Waals surface area contributed by atoms with E-state index in [9.17, 15) is 9.90 Å². The Labute approximate surface area is 232 Å². The molecule has 4 bridgehead atoms. The summed E-state index contributed by atoms with van der Waals surface area (Å²) in [6, 6.07) is 8.07. The highest BCUT2D eigenvalue weighted by Gasteiger charge is 2.70. The third-order valence-electron chi connectivity index (χ3n) is 11.8. The summed E-state index contributed by atoms with van der Waals surface area (Å²) in [4.78, 5) is 13.7. The molecule has 0 aromatic heterocycles. The topological polar surface area (TPSA) is 77.0 Å². The summed E-state index contributed by atoms with van der Waals surface area (Å²) in [7, 11) is 1.57. The van der Waals surface area contributed by atoms with Gasteiger partial charge in [0.2, 0.25) is 0 Å². The summed E-state index contributed by atoms with van der Waals surface area (Å²) in [6.07, 6.45) is 4.08. The van der Waals surface area contributed by atoms with Crippen molar-refractivity contribution in [2.45, 2.75) is 84.8 Å². The fourth-order valence-electron chi connectivity index (χ4n) is 10.7. The first kappa shape index (κ1) is 25.6. The summed E-state index contributed by atoms with van der Waals surface area (Å²) in [5.74, 6) is 3.21. The Morgan fingerprint density at radius 1 is 1.08 bits per heavy atom. The largest absolute Gasteiger partial charge is 0.493 e. The normalized spacial score (nSPS) is 51.4. The van der Waals surface area contributed by atoms with E-state index < -0.39 is 11.8 Å². The maximum absolute atomic E-state index is 13.7. The van der Waals surface area contributed by atoms with Crippen molar-refractivity contribution in [3.8, 4) is 5.75 Å². The number of rotatable bonds is 1. The summed E-state index contributed by atoms with van der Waals surface area (Å²) in [5.41, 5.74) is 0.989. The third-order valence-corrected chi connectivity index (χ3v) is 11.8. The minimum Gasteiger partial charge on any atom is -0.493 e. The van der Waals surface area contributed by atoms with E-state index in [1.807, 2.05) is 24.3 Å². The standard InChI is InChI=1S/C33H43NO5/c1-16-12-17(2)25-27-22-24(32(25,6)13-16)18(3)14-31(5)19(4)38-28(26(22)31)23-29(37-7)33(36,34-30(23)35)15-20-8-10-21(39-27)11-9-20/h8-11,14,16-17,19,22,24-27,29,36H,12-13,15H2,1-7H3,(H,34,35)/b28-23+/t16-,17+,19+,22+,24-,25+,26+,27+,29-,31-,32+,33-/m1/s1. The lowest BCUT2D eigenvalue weighted by atomic mass is 9.54. The van der Waals surface area contributed by atoms with Crippen LogP contribution in [-0.2, 0) is 20.7 Å². The number of methoxy groups -OCH3 is 1. The predicted molar refractivity (Wildman–Crippen MR) is 148 cm³/mol. The van der Waals surface area contributed by atoms with Crippen LogP contribution in [0.1, 0.15) is 59.9 Å². The van der Waals surface area contributed by atoms with Crippen molar-refractivity contribution in [3.63, 3.8) is 0 Å². The van der Waals surface area contributed by atoms with Gasteiger partial charge in [0.1, 0.15) is 29.8 Å². The molecule has 4 fully saturated rings. The number of amides is 1. The van der Waals surface area contributed by atoms with Gasteiger partial charge in [-0.1, -0.05) is 51.5 Å². The van der Waals surface area contributed by atoms with Crippen molar-refractivity contribution in [1.29, 1.82) is 0 Å². The van der Waals surface area contributed by atoms with Crippen LogP contribution in [0.2, 0.25) is 0 Å². The van der Waals surface area contributed by atoms with Crippen LogP contribution in [0.15, 0.2) is 47.2 Å². The second kappa shape index (κ2) is 8.13. The first-order valence-corrected chi connectivity index (χ1v) is 14.8. The minimum atomic E-state index is -1.56. The Morgan fingerprint density at radius 2 is 1.79 bits per heavy atom. The first-order valence-electron chi connectivity index (χ1n) is 14.8. The molecule has 0 spiro atoms. The fraction of sp³-hybridized carbons (Fsp3) is 0.667. The van der Waals surface area contributed by atoms with Gasteiger partial charge in [-0.3, -0.25) is 4.79 Å². The average Bonchev–Trinajstić information content (AvgIpc) is 3.35. The van der Waals surface area contributed by atoms with E-state index in [4.69, 9.17) is 14.2 Å². The molecule has 2 saturated carbocycles. The summed E-state index contributed by atoms with van der Waals surface area (Å²) < 4.78 is 19.8. The van der Waals surface area contributed by atoms with Gasteiger partial charge in [0.25, 0.3) is 5.91 Å². The van der Waals surface area contributed by atoms with Gasteiger partial charge in [-0.05, 0) is 67.6 Å². The second-order valence-corrected chi connectivity index (χ2v) is 14.3. The van der Waals surface area contributed by atoms with Crippen molar-refractivity contribution >= 4 is 5.91 Å². The van der Waals surface area contributed by atoms with Crippen LogP contribution in [0.3, 0.4) is 0 Å². The maximum Gasteiger partial charge on any atom is 0.255 e. The van der Waals surface area contributed by atoms with Crippen LogP contribution in [0.5, 0.6) is 5.75 Å². The molecular formula is C33H43NO5. The molecule has 4 aliphatic heterocycles. The molecule has 6 heteroatoms. The Bertz CT molecular complexity index is 1290. The molecule has 1 aromatic carbocycles. The molecular weight excluding hydrogens is 490 g/mol. The van der Waals surface area contributed by atoms with Gasteiger partial charge in [0.15, 0.2) is 5.72 Å². The highest BCUT2D eigenvalue weighted by Crippen LogP contribution is 2.71. The van der Waals surface area contributed by atoms with Crippen molar-refractivity contribution in [2.24, 2.45) is 46.3 Å². The zero-order valence-corrected chi connectivity index (χ0v) is 24.3. The summed E-state index contributed by atoms with van der Waals surface area (Å²) >= 11 is 0. The molecule has 4 heterocycles. The Hall–Kier alpha value is -2.31. The van der Waals surface area contributed by atoms with E-state index in [1.165, 1.54) is 18.4 Å². The number of carbonyl (C=O) groups is 1. The van der Waals surface area contributed by atoms with Gasteiger partial charge in [-0.15, -0.1) is 0 Å². The molecule has 1 amide bonds. The van der Waals surface area contributed by atoms with E-state index in [1.54, 1.807) is 7.11 Å². The zero-order chi connectivity index (χ0) is 27.6. The van der Waals surface area contributed by atoms with E-state index in [0.29, 0.717) is 35.0 Å². The summed E-state index contributed by atoms with van der Waals surface area (Å²) in [6.45, 7) is 14.0. The average molecular weight is 534 g/mol. The first-order chi connectivity index (χ1) is 18.4. The molecule has 7 aliphatic rings. The van der Waals surface area contributed by atoms with Gasteiger partial charge in [0, 0.05) is 36.7 Å². The van der Waals surface area contributed by atoms with Gasteiger partial charge < -0.3 is 24.6 Å². The highest BCUT2D eigenvalue weighted by atomic mass is 16.5. The number of carbonyl (C=O) groups excluding carboxylic acids is 1. The molecule has 2 N–H and O–H groups in total. The van der Waals surface area contributed by atoms with Crippen LogP contribution in [0.4, 0.5) is 0 Å². The number of aliphatic hydroxyl groups is 1. The number of ether oxygens (including phenoxy) is 3. The van der Waals surface area contributed by atoms with Crippen molar-refractivity contribution in [3.05, 3.63) is 52.8 Å². The lowest BCUT2D eigenvalue weighted by Gasteiger charge is -2.49. The minimum absolute atomic E-state index is 0.0177. The lowest BCUT2D eigenvalue weighted by molar-refractivity contribution is -0.122. The van der Waals surface area contributed by atoms with Crippen molar-refractivity contribution in [2.75, 3.05) is 7.11 Å². The van der Waals surface area contributed by atoms with Crippen LogP contribution >= 0.6 is 0 Å². The van der Waals surface area contributed by atoms with Gasteiger partial charge in [0.05, 0.1) is 5.57 Å². The number of fused-ring (bicyclic) bond motifs is 4. The van der Waals surface area contributed by atoms with E-state index in [0.717, 1.165) is 11.3 Å². The van der Waals surface area contributed by atoms with Gasteiger partial charge in [-0.2, -0.15) is 0 Å². The number of hydrogen-bond acceptors (Lipinski definition) is 5. The van der Waals surface area contributed by atoms with Crippen LogP contribution in [0, 0.1) is 46.3 Å². The van der Waals surface area contributed by atoms with E-state index in [-0.39, 0.29) is 47.2 Å². The van der Waals surface area contributed by atoms with Crippen LogP contribution in [-0.4, -0.2) is 42.2 Å². The number of benzene rings is 1. The SMILES string of the molecule is CO[C@@H]1/C2=C3\O[C@@H](C)[C@@]4(C)C=C(C)[C@@H]5[C@H]([C@H](Oc6ccc(cc6)C[C@]1(O)NC2=O)[C@@H]1[C@@H](C)C[C@@H](C)C[C@]15C)[C@@H]34. The highest BCUT2D eigenvalue weighted by molar-refractivity contribution is 5.99. The molecule has 0 unspecified atom stereocenters. The van der Waals surface area contributed by atoms with Gasteiger partial charge >= 0.3 is 0 Å². The Balaban J connectivity index is 1.53. The quantitative estimate of drug-likeness (QED) is 0.496. The number of allylic oxidation sites excluding steroid dienone is 2. The number of hydrogen-bond donors (Lipinski definition) is 2. The lowest BCUT2D eigenvalue weighted by Crippen LogP contribution is -2.51. The summed E-state index contributed by atoms with van der Waals surface area (Å²) in [5, 5.41) is 14.7. The smallest absolute Gasteiger partial charge is 0.255 e. The second-order valence-electron chi connectivity index (χ2n) is 14.3. The molecule has 2 saturated heterocycles. The zero-order valence-electron chi connectivity index (χ0n) is 24.3. The van der Waals surface area contributed by atoms with Crippen molar-refractivity contribution in [1.82, 2.24) is 5.32 Å². The monoisotopic (exact) mass is 533 g/mol. The van der Waals surface area contributed by atoms with Crippen LogP contribution < -0.4 is 10.1 Å². The molecule has 3 aliphatic carbocycles. The number of nitrogens with one attached hydrogen (secondary N) is 1. The molecule has 39 heavy (non-hydrogen) atoms. The van der Waals surface area contributed by atoms with E-state index >= 15 is 0 Å². The molecule has 12 atom stereocenters. The Kier molecular flexibility index (Phi) is 5.34. The predicted octanol–water partition coefficient (Wildman–Crippen LogP) is 5.01. The van der Waals surface area contributed by atoms with E-state index in [2.05, 4.69) is 52.9 Å². The molecule has 0 radical (unpaired) electrons.